The molecule has 0 saturated carbocycles. The van der Waals surface area contributed by atoms with Crippen molar-refractivity contribution < 1.29 is 19.1 Å². The van der Waals surface area contributed by atoms with Crippen LogP contribution in [0, 0.1) is 0 Å². The monoisotopic (exact) mass is 291 g/mol. The van der Waals surface area contributed by atoms with E-state index < -0.39 is 5.97 Å². The molecule has 2 heterocycles. The van der Waals surface area contributed by atoms with E-state index in [1.54, 1.807) is 25.1 Å². The third-order valence-electron chi connectivity index (χ3n) is 2.52. The molecule has 0 fully saturated rings. The molecular weight excluding hydrogens is 278 g/mol. The number of nitrogens with zero attached hydrogens (tertiary/aromatic N) is 1. The lowest BCUT2D eigenvalue weighted by Crippen LogP contribution is -2.03. The van der Waals surface area contributed by atoms with E-state index in [0.717, 1.165) is 10.4 Å². The average Bonchev–Trinajstić information content (AvgIpc) is 2.97. The highest BCUT2D eigenvalue weighted by Gasteiger charge is 2.13. The van der Waals surface area contributed by atoms with E-state index >= 15 is 0 Å². The number of rotatable bonds is 4. The number of hydrogen-bond donors (Lipinski definition) is 0. The first kappa shape index (κ1) is 14.2. The van der Waals surface area contributed by atoms with Gasteiger partial charge in [0, 0.05) is 11.1 Å². The van der Waals surface area contributed by atoms with E-state index in [9.17, 15) is 9.59 Å². The second-order valence-corrected chi connectivity index (χ2v) is 4.89. The van der Waals surface area contributed by atoms with Crippen molar-refractivity contribution in [2.75, 3.05) is 13.7 Å². The van der Waals surface area contributed by atoms with E-state index in [0.29, 0.717) is 11.5 Å². The van der Waals surface area contributed by atoms with Gasteiger partial charge in [0.25, 0.3) is 0 Å². The lowest BCUT2D eigenvalue weighted by Gasteiger charge is -2.01. The summed E-state index contributed by atoms with van der Waals surface area (Å²) in [6.45, 7) is 2.10. The maximum Gasteiger partial charge on any atom is 0.356 e. The standard InChI is InChI=1S/C14H13NO4S/c1-3-19-14(17)12-5-4-11(20-12)9-6-7-15-10(8-9)13(16)18-2/h4-8H,3H2,1-2H3. The summed E-state index contributed by atoms with van der Waals surface area (Å²) in [7, 11) is 1.31. The van der Waals surface area contributed by atoms with Crippen LogP contribution in [0.1, 0.15) is 27.1 Å². The smallest absolute Gasteiger partial charge is 0.356 e. The molecule has 0 saturated heterocycles. The Morgan fingerprint density at radius 1 is 1.25 bits per heavy atom. The number of methoxy groups -OCH3 is 1. The molecule has 0 aliphatic carbocycles. The van der Waals surface area contributed by atoms with Crippen LogP contribution in [-0.4, -0.2) is 30.6 Å². The number of aromatic nitrogens is 1. The molecule has 0 aliphatic rings. The van der Waals surface area contributed by atoms with Crippen LogP contribution in [0.15, 0.2) is 30.5 Å². The third kappa shape index (κ3) is 3.03. The second kappa shape index (κ2) is 6.29. The molecule has 0 bridgehead atoms. The van der Waals surface area contributed by atoms with E-state index in [1.807, 2.05) is 6.07 Å². The minimum Gasteiger partial charge on any atom is -0.464 e. The van der Waals surface area contributed by atoms with Crippen LogP contribution in [0.5, 0.6) is 0 Å². The molecule has 0 aromatic carbocycles. The second-order valence-electron chi connectivity index (χ2n) is 3.81. The molecule has 0 radical (unpaired) electrons. The molecule has 6 heteroatoms. The summed E-state index contributed by atoms with van der Waals surface area (Å²) in [5.41, 5.74) is 1.04. The molecule has 5 nitrogen and oxygen atoms in total. The van der Waals surface area contributed by atoms with Crippen LogP contribution >= 0.6 is 11.3 Å². The predicted molar refractivity (Wildman–Crippen MR) is 74.8 cm³/mol. The Morgan fingerprint density at radius 3 is 2.75 bits per heavy atom. The van der Waals surface area contributed by atoms with Gasteiger partial charge in [0.15, 0.2) is 0 Å². The number of carbonyl (C=O) groups is 2. The number of ether oxygens (including phenoxy) is 2. The molecule has 0 spiro atoms. The number of thiophene rings is 1. The van der Waals surface area contributed by atoms with Crippen molar-refractivity contribution in [1.29, 1.82) is 0 Å². The summed E-state index contributed by atoms with van der Waals surface area (Å²) in [6, 6.07) is 6.92. The van der Waals surface area contributed by atoms with Crippen LogP contribution in [0.25, 0.3) is 10.4 Å². The maximum atomic E-state index is 11.6. The fourth-order valence-electron chi connectivity index (χ4n) is 1.60. The summed E-state index contributed by atoms with van der Waals surface area (Å²) < 4.78 is 9.57. The van der Waals surface area contributed by atoms with Gasteiger partial charge in [-0.15, -0.1) is 11.3 Å². The van der Waals surface area contributed by atoms with Crippen molar-refractivity contribution in [2.24, 2.45) is 0 Å². The van der Waals surface area contributed by atoms with Gasteiger partial charge in [-0.2, -0.15) is 0 Å². The van der Waals surface area contributed by atoms with Crippen LogP contribution in [0.4, 0.5) is 0 Å². The van der Waals surface area contributed by atoms with Gasteiger partial charge in [-0.1, -0.05) is 0 Å². The number of esters is 2. The summed E-state index contributed by atoms with van der Waals surface area (Å²) in [4.78, 5) is 28.4. The van der Waals surface area contributed by atoms with E-state index in [-0.39, 0.29) is 11.7 Å². The van der Waals surface area contributed by atoms with Gasteiger partial charge in [-0.05, 0) is 36.8 Å². The Hall–Kier alpha value is -2.21. The molecule has 104 valence electrons. The first-order chi connectivity index (χ1) is 9.65. The zero-order valence-corrected chi connectivity index (χ0v) is 11.9. The van der Waals surface area contributed by atoms with Gasteiger partial charge in [0.2, 0.25) is 0 Å². The average molecular weight is 291 g/mol. The van der Waals surface area contributed by atoms with Crippen LogP contribution < -0.4 is 0 Å². The summed E-state index contributed by atoms with van der Waals surface area (Å²) in [5.74, 6) is -0.833. The van der Waals surface area contributed by atoms with E-state index in [4.69, 9.17) is 4.74 Å². The topological polar surface area (TPSA) is 65.5 Å². The van der Waals surface area contributed by atoms with Crippen molar-refractivity contribution in [3.63, 3.8) is 0 Å². The summed E-state index contributed by atoms with van der Waals surface area (Å²) in [6.07, 6.45) is 1.53. The largest absolute Gasteiger partial charge is 0.464 e. The lowest BCUT2D eigenvalue weighted by molar-refractivity contribution is 0.0531. The van der Waals surface area contributed by atoms with Crippen molar-refractivity contribution >= 4 is 23.3 Å². The fraction of sp³-hybridized carbons (Fsp3) is 0.214. The van der Waals surface area contributed by atoms with Crippen molar-refractivity contribution in [2.45, 2.75) is 6.92 Å². The highest BCUT2D eigenvalue weighted by molar-refractivity contribution is 7.17. The molecule has 0 N–H and O–H groups in total. The first-order valence-electron chi connectivity index (χ1n) is 5.97. The third-order valence-corrected chi connectivity index (χ3v) is 3.64. The van der Waals surface area contributed by atoms with Gasteiger partial charge in [-0.3, -0.25) is 0 Å². The molecule has 0 amide bonds. The summed E-state index contributed by atoms with van der Waals surface area (Å²) in [5, 5.41) is 0. The van der Waals surface area contributed by atoms with Gasteiger partial charge < -0.3 is 9.47 Å². The van der Waals surface area contributed by atoms with E-state index in [1.165, 1.54) is 24.6 Å². The van der Waals surface area contributed by atoms with Crippen molar-refractivity contribution in [3.8, 4) is 10.4 Å². The van der Waals surface area contributed by atoms with Crippen molar-refractivity contribution in [1.82, 2.24) is 4.98 Å². The first-order valence-corrected chi connectivity index (χ1v) is 6.79. The molecular formula is C14H13NO4S. The predicted octanol–water partition coefficient (Wildman–Crippen LogP) is 2.77. The van der Waals surface area contributed by atoms with E-state index in [2.05, 4.69) is 9.72 Å². The minimum atomic E-state index is -0.492. The Morgan fingerprint density at radius 2 is 2.05 bits per heavy atom. The van der Waals surface area contributed by atoms with Crippen LogP contribution in [0.2, 0.25) is 0 Å². The summed E-state index contributed by atoms with van der Waals surface area (Å²) >= 11 is 1.31. The number of pyridine rings is 1. The van der Waals surface area contributed by atoms with Gasteiger partial charge >= 0.3 is 11.9 Å². The van der Waals surface area contributed by atoms with Crippen LogP contribution in [-0.2, 0) is 9.47 Å². The molecule has 20 heavy (non-hydrogen) atoms. The molecule has 0 unspecified atom stereocenters. The quantitative estimate of drug-likeness (QED) is 0.810. The highest BCUT2D eigenvalue weighted by atomic mass is 32.1. The molecule has 0 atom stereocenters. The Bertz CT molecular complexity index is 636. The van der Waals surface area contributed by atoms with Crippen molar-refractivity contribution in [3.05, 3.63) is 41.0 Å². The Labute approximate surface area is 120 Å². The minimum absolute atomic E-state index is 0.232. The SMILES string of the molecule is CCOC(=O)c1ccc(-c2ccnc(C(=O)OC)c2)s1. The molecule has 2 aromatic heterocycles. The van der Waals surface area contributed by atoms with Gasteiger partial charge in [0.1, 0.15) is 10.6 Å². The Balaban J connectivity index is 2.28. The molecule has 0 aliphatic heterocycles. The lowest BCUT2D eigenvalue weighted by atomic mass is 10.2. The molecule has 2 rings (SSSR count). The van der Waals surface area contributed by atoms with Crippen LogP contribution in [0.3, 0.4) is 0 Å². The zero-order chi connectivity index (χ0) is 14.5. The fourth-order valence-corrected chi connectivity index (χ4v) is 2.50. The molecule has 2 aromatic rings. The zero-order valence-electron chi connectivity index (χ0n) is 11.1. The highest BCUT2D eigenvalue weighted by Crippen LogP contribution is 2.28. The number of hydrogen-bond acceptors (Lipinski definition) is 6. The maximum absolute atomic E-state index is 11.6. The number of carbonyl (C=O) groups excluding carboxylic acids is 2. The van der Waals surface area contributed by atoms with Gasteiger partial charge in [-0.25, -0.2) is 14.6 Å². The normalized spacial score (nSPS) is 10.1. The Kier molecular flexibility index (Phi) is 4.47. The van der Waals surface area contributed by atoms with Gasteiger partial charge in [0.05, 0.1) is 13.7 Å².